The van der Waals surface area contributed by atoms with Crippen LogP contribution in [0, 0.1) is 5.92 Å². The minimum absolute atomic E-state index is 0.0289. The van der Waals surface area contributed by atoms with E-state index in [4.69, 9.17) is 11.6 Å². The lowest BCUT2D eigenvalue weighted by molar-refractivity contribution is -0.117. The molecule has 0 bridgehead atoms. The number of pyridine rings is 1. The fourth-order valence-corrected chi connectivity index (χ4v) is 4.04. The number of anilines is 2. The van der Waals surface area contributed by atoms with Crippen LogP contribution in [-0.2, 0) is 4.79 Å². The molecule has 1 saturated carbocycles. The molecule has 28 heavy (non-hydrogen) atoms. The van der Waals surface area contributed by atoms with Crippen molar-refractivity contribution >= 4 is 34.9 Å². The summed E-state index contributed by atoms with van der Waals surface area (Å²) in [7, 11) is 0. The van der Waals surface area contributed by atoms with Gasteiger partial charge in [-0.05, 0) is 61.4 Å². The Morgan fingerprint density at radius 2 is 1.79 bits per heavy atom. The van der Waals surface area contributed by atoms with E-state index in [-0.39, 0.29) is 11.8 Å². The lowest BCUT2D eigenvalue weighted by Crippen LogP contribution is -2.34. The summed E-state index contributed by atoms with van der Waals surface area (Å²) in [6.45, 7) is 1.91. The maximum Gasteiger partial charge on any atom is 0.249 e. The molecule has 6 nitrogen and oxygen atoms in total. The smallest absolute Gasteiger partial charge is 0.249 e. The summed E-state index contributed by atoms with van der Waals surface area (Å²) >= 11 is 6.01. The van der Waals surface area contributed by atoms with Crippen molar-refractivity contribution < 1.29 is 4.79 Å². The quantitative estimate of drug-likeness (QED) is 0.721. The second kappa shape index (κ2) is 7.09. The van der Waals surface area contributed by atoms with E-state index in [0.29, 0.717) is 11.9 Å². The van der Waals surface area contributed by atoms with Crippen LogP contribution in [0.5, 0.6) is 0 Å². The van der Waals surface area contributed by atoms with Gasteiger partial charge in [0.1, 0.15) is 5.82 Å². The maximum atomic E-state index is 12.0. The third kappa shape index (κ3) is 3.44. The van der Waals surface area contributed by atoms with Crippen LogP contribution in [0.3, 0.4) is 0 Å². The van der Waals surface area contributed by atoms with E-state index in [9.17, 15) is 4.79 Å². The van der Waals surface area contributed by atoms with E-state index in [1.807, 2.05) is 28.8 Å². The van der Waals surface area contributed by atoms with Gasteiger partial charge in [0, 0.05) is 24.0 Å². The van der Waals surface area contributed by atoms with Gasteiger partial charge in [0.15, 0.2) is 5.65 Å². The van der Waals surface area contributed by atoms with Gasteiger partial charge in [-0.15, -0.1) is 5.10 Å². The number of hydrogen-bond donors (Lipinski definition) is 1. The molecule has 2 aliphatic rings. The van der Waals surface area contributed by atoms with Gasteiger partial charge in [0.25, 0.3) is 0 Å². The van der Waals surface area contributed by atoms with Crippen molar-refractivity contribution in [2.75, 3.05) is 23.3 Å². The molecule has 0 atom stereocenters. The predicted molar refractivity (Wildman–Crippen MR) is 110 cm³/mol. The molecule has 3 heterocycles. The molecule has 1 saturated heterocycles. The number of hydrogen-bond acceptors (Lipinski definition) is 4. The Hall–Kier alpha value is -2.60. The van der Waals surface area contributed by atoms with Crippen LogP contribution in [0.1, 0.15) is 37.2 Å². The zero-order valence-corrected chi connectivity index (χ0v) is 16.3. The maximum absolute atomic E-state index is 12.0. The molecule has 7 heteroatoms. The Balaban J connectivity index is 1.32. The van der Waals surface area contributed by atoms with Crippen molar-refractivity contribution in [3.63, 3.8) is 0 Å². The van der Waals surface area contributed by atoms with Crippen LogP contribution < -0.4 is 10.2 Å². The molecule has 0 radical (unpaired) electrons. The zero-order valence-electron chi connectivity index (χ0n) is 15.5. The average molecular weight is 396 g/mol. The standard InChI is InChI=1S/C21H22ClN5O/c22-17-8-6-14(7-9-17)15-10-12-26(13-11-15)19-3-1-2-18-23-21(25-27(18)19)24-20(28)16-4-5-16/h1-3,6-9,15-16H,4-5,10-13H2,(H,24,25,28). The second-order valence-electron chi connectivity index (χ2n) is 7.67. The van der Waals surface area contributed by atoms with Crippen molar-refractivity contribution in [3.8, 4) is 0 Å². The fraction of sp³-hybridized carbons (Fsp3) is 0.381. The van der Waals surface area contributed by atoms with E-state index in [2.05, 4.69) is 38.5 Å². The number of aromatic nitrogens is 3. The highest BCUT2D eigenvalue weighted by Crippen LogP contribution is 2.32. The van der Waals surface area contributed by atoms with Crippen LogP contribution in [0.15, 0.2) is 42.5 Å². The molecule has 1 aromatic carbocycles. The van der Waals surface area contributed by atoms with Crippen molar-refractivity contribution in [2.24, 2.45) is 5.92 Å². The summed E-state index contributed by atoms with van der Waals surface area (Å²) in [6, 6.07) is 14.2. The van der Waals surface area contributed by atoms with Gasteiger partial charge in [-0.3, -0.25) is 10.1 Å². The molecule has 0 spiro atoms. The number of amides is 1. The van der Waals surface area contributed by atoms with Gasteiger partial charge in [-0.2, -0.15) is 9.50 Å². The van der Waals surface area contributed by atoms with Crippen molar-refractivity contribution in [1.82, 2.24) is 14.6 Å². The van der Waals surface area contributed by atoms with Gasteiger partial charge in [-0.25, -0.2) is 0 Å². The van der Waals surface area contributed by atoms with Crippen LogP contribution in [-0.4, -0.2) is 33.6 Å². The summed E-state index contributed by atoms with van der Waals surface area (Å²) in [5.74, 6) is 2.13. The van der Waals surface area contributed by atoms with Gasteiger partial charge >= 0.3 is 0 Å². The largest absolute Gasteiger partial charge is 0.356 e. The Labute approximate surface area is 168 Å². The molecule has 0 unspecified atom stereocenters. The van der Waals surface area contributed by atoms with Gasteiger partial charge in [0.2, 0.25) is 11.9 Å². The predicted octanol–water partition coefficient (Wildman–Crippen LogP) is 4.12. The first-order chi connectivity index (χ1) is 13.7. The first-order valence-corrected chi connectivity index (χ1v) is 10.2. The molecular weight excluding hydrogens is 374 g/mol. The topological polar surface area (TPSA) is 62.5 Å². The zero-order chi connectivity index (χ0) is 19.1. The summed E-state index contributed by atoms with van der Waals surface area (Å²) < 4.78 is 1.84. The number of rotatable bonds is 4. The highest BCUT2D eigenvalue weighted by atomic mass is 35.5. The Morgan fingerprint density at radius 1 is 1.04 bits per heavy atom. The Kier molecular flexibility index (Phi) is 4.43. The van der Waals surface area contributed by atoms with E-state index in [1.54, 1.807) is 0 Å². The van der Waals surface area contributed by atoms with Crippen molar-refractivity contribution in [3.05, 3.63) is 53.1 Å². The minimum Gasteiger partial charge on any atom is -0.356 e. The molecule has 2 aromatic heterocycles. The van der Waals surface area contributed by atoms with Crippen LogP contribution >= 0.6 is 11.6 Å². The third-order valence-corrected chi connectivity index (χ3v) is 5.94. The molecule has 1 amide bonds. The Morgan fingerprint density at radius 3 is 2.50 bits per heavy atom. The molecule has 1 aliphatic heterocycles. The lowest BCUT2D eigenvalue weighted by Gasteiger charge is -2.33. The number of carbonyl (C=O) groups is 1. The lowest BCUT2D eigenvalue weighted by atomic mass is 9.89. The number of fused-ring (bicyclic) bond motifs is 1. The van der Waals surface area contributed by atoms with E-state index in [0.717, 1.165) is 55.3 Å². The fourth-order valence-electron chi connectivity index (χ4n) is 3.92. The SMILES string of the molecule is O=C(Nc1nc2cccc(N3CCC(c4ccc(Cl)cc4)CC3)n2n1)C1CC1. The summed E-state index contributed by atoms with van der Waals surface area (Å²) in [6.07, 6.45) is 4.09. The first-order valence-electron chi connectivity index (χ1n) is 9.84. The number of carbonyl (C=O) groups excluding carboxylic acids is 1. The highest BCUT2D eigenvalue weighted by molar-refractivity contribution is 6.30. The van der Waals surface area contributed by atoms with Crippen LogP contribution in [0.2, 0.25) is 5.02 Å². The number of halogens is 1. The number of piperidine rings is 1. The van der Waals surface area contributed by atoms with Crippen LogP contribution in [0.25, 0.3) is 5.65 Å². The molecule has 2 fully saturated rings. The summed E-state index contributed by atoms with van der Waals surface area (Å²) in [4.78, 5) is 18.8. The molecule has 5 rings (SSSR count). The second-order valence-corrected chi connectivity index (χ2v) is 8.10. The number of benzene rings is 1. The van der Waals surface area contributed by atoms with E-state index in [1.165, 1.54) is 5.56 Å². The average Bonchev–Trinajstić information content (AvgIpc) is 3.49. The highest BCUT2D eigenvalue weighted by Gasteiger charge is 2.30. The van der Waals surface area contributed by atoms with Gasteiger partial charge < -0.3 is 4.90 Å². The molecule has 144 valence electrons. The molecule has 3 aromatic rings. The van der Waals surface area contributed by atoms with Crippen molar-refractivity contribution in [1.29, 1.82) is 0 Å². The summed E-state index contributed by atoms with van der Waals surface area (Å²) in [5.41, 5.74) is 2.11. The monoisotopic (exact) mass is 395 g/mol. The minimum atomic E-state index is 0.0289. The Bertz CT molecular complexity index is 1000. The molecule has 1 N–H and O–H groups in total. The van der Waals surface area contributed by atoms with E-state index < -0.39 is 0 Å². The van der Waals surface area contributed by atoms with Crippen molar-refractivity contribution in [2.45, 2.75) is 31.6 Å². The van der Waals surface area contributed by atoms with Crippen LogP contribution in [0.4, 0.5) is 11.8 Å². The van der Waals surface area contributed by atoms with Gasteiger partial charge in [0.05, 0.1) is 0 Å². The third-order valence-electron chi connectivity index (χ3n) is 5.68. The molecular formula is C21H22ClN5O. The first kappa shape index (κ1) is 17.5. The number of nitrogens with one attached hydrogen (secondary N) is 1. The summed E-state index contributed by atoms with van der Waals surface area (Å²) in [5, 5.41) is 8.17. The normalized spacial score (nSPS) is 17.8. The van der Waals surface area contributed by atoms with E-state index >= 15 is 0 Å². The number of nitrogens with zero attached hydrogens (tertiary/aromatic N) is 4. The molecule has 1 aliphatic carbocycles. The van der Waals surface area contributed by atoms with Gasteiger partial charge in [-0.1, -0.05) is 29.8 Å².